The zero-order chi connectivity index (χ0) is 19.2. The van der Waals surface area contributed by atoms with E-state index in [1.165, 1.54) is 0 Å². The van der Waals surface area contributed by atoms with Crippen molar-refractivity contribution in [3.63, 3.8) is 0 Å². The normalized spacial score (nSPS) is 14.3. The fourth-order valence-electron chi connectivity index (χ4n) is 1.83. The van der Waals surface area contributed by atoms with E-state index in [-0.39, 0.29) is 18.4 Å². The summed E-state index contributed by atoms with van der Waals surface area (Å²) in [5, 5.41) is 2.38. The molecule has 0 spiro atoms. The van der Waals surface area contributed by atoms with Crippen molar-refractivity contribution < 1.29 is 27.3 Å². The molecule has 1 amide bonds. The molecule has 0 bridgehead atoms. The largest absolute Gasteiger partial charge is 0.381 e. The van der Waals surface area contributed by atoms with Crippen LogP contribution in [-0.2, 0) is 24.4 Å². The molecular formula is C16H31NO6S. The molecule has 142 valence electrons. The molecule has 0 aromatic carbocycles. The number of Topliss-reactive ketones (excluding diaryl/α,β-unsaturated/α-hetero) is 1. The minimum atomic E-state index is -4.39. The summed E-state index contributed by atoms with van der Waals surface area (Å²) in [6.45, 7) is 11.8. The molecule has 0 rings (SSSR count). The van der Waals surface area contributed by atoms with Crippen molar-refractivity contribution in [3.8, 4) is 0 Å². The molecule has 24 heavy (non-hydrogen) atoms. The van der Waals surface area contributed by atoms with Gasteiger partial charge in [-0.15, -0.1) is 0 Å². The zero-order valence-electron chi connectivity index (χ0n) is 15.5. The predicted molar refractivity (Wildman–Crippen MR) is 92.3 cm³/mol. The quantitative estimate of drug-likeness (QED) is 0.476. The summed E-state index contributed by atoms with van der Waals surface area (Å²) in [6, 6.07) is -1.28. The van der Waals surface area contributed by atoms with Gasteiger partial charge in [0.05, 0.1) is 6.61 Å². The van der Waals surface area contributed by atoms with Gasteiger partial charge in [-0.25, -0.2) is 0 Å². The topological polar surface area (TPSA) is 110 Å². The molecule has 1 unspecified atom stereocenters. The first-order chi connectivity index (χ1) is 10.6. The Kier molecular flexibility index (Phi) is 8.55. The maximum Gasteiger partial charge on any atom is 0.267 e. The van der Waals surface area contributed by atoms with E-state index < -0.39 is 39.0 Å². The van der Waals surface area contributed by atoms with Crippen LogP contribution in [0.1, 0.15) is 54.4 Å². The zero-order valence-corrected chi connectivity index (χ0v) is 16.3. The molecule has 0 radical (unpaired) electrons. The smallest absolute Gasteiger partial charge is 0.267 e. The Morgan fingerprint density at radius 3 is 2.04 bits per heavy atom. The van der Waals surface area contributed by atoms with Crippen LogP contribution in [0.2, 0.25) is 0 Å². The van der Waals surface area contributed by atoms with Crippen LogP contribution in [0, 0.1) is 10.8 Å². The molecule has 2 N–H and O–H groups in total. The Hall–Kier alpha value is -0.990. The predicted octanol–water partition coefficient (Wildman–Crippen LogP) is 1.82. The van der Waals surface area contributed by atoms with E-state index in [4.69, 9.17) is 9.29 Å². The average molecular weight is 365 g/mol. The third-order valence-corrected chi connectivity index (χ3v) is 3.99. The van der Waals surface area contributed by atoms with Crippen molar-refractivity contribution >= 4 is 21.8 Å². The first-order valence-corrected chi connectivity index (χ1v) is 9.59. The monoisotopic (exact) mass is 365 g/mol. The lowest BCUT2D eigenvalue weighted by atomic mass is 9.87. The van der Waals surface area contributed by atoms with Gasteiger partial charge in [-0.05, 0) is 11.8 Å². The van der Waals surface area contributed by atoms with Crippen LogP contribution in [-0.4, -0.2) is 49.7 Å². The summed E-state index contributed by atoms with van der Waals surface area (Å²) in [6.07, 6.45) is 0.867. The van der Waals surface area contributed by atoms with Crippen molar-refractivity contribution in [2.24, 2.45) is 10.8 Å². The number of hydrogen-bond acceptors (Lipinski definition) is 5. The average Bonchev–Trinajstić information content (AvgIpc) is 2.32. The first-order valence-electron chi connectivity index (χ1n) is 7.98. The third kappa shape index (κ3) is 11.5. The Morgan fingerprint density at radius 2 is 1.62 bits per heavy atom. The Balaban J connectivity index is 4.53. The standard InChI is InChI=1S/C16H31NO6S/c1-15(2,3)8-10-23-9-7-13(18)17-12(11-24(20,21)22)14(19)16(4,5)6/h12H,7-11H2,1-6H3,(H,17,18)(H,20,21,22). The number of rotatable bonds is 9. The van der Waals surface area contributed by atoms with Crippen LogP contribution in [0.3, 0.4) is 0 Å². The highest BCUT2D eigenvalue weighted by atomic mass is 32.2. The van der Waals surface area contributed by atoms with Gasteiger partial charge < -0.3 is 10.1 Å². The van der Waals surface area contributed by atoms with E-state index >= 15 is 0 Å². The first kappa shape index (κ1) is 23.0. The molecule has 0 aliphatic rings. The summed E-state index contributed by atoms with van der Waals surface area (Å²) < 4.78 is 36.5. The van der Waals surface area contributed by atoms with Crippen molar-refractivity contribution in [3.05, 3.63) is 0 Å². The summed E-state index contributed by atoms with van der Waals surface area (Å²) in [5.74, 6) is -1.78. The van der Waals surface area contributed by atoms with E-state index in [0.29, 0.717) is 6.61 Å². The molecule has 0 aromatic heterocycles. The van der Waals surface area contributed by atoms with E-state index in [0.717, 1.165) is 6.42 Å². The molecule has 0 heterocycles. The van der Waals surface area contributed by atoms with Gasteiger partial charge in [0, 0.05) is 18.4 Å². The van der Waals surface area contributed by atoms with Crippen LogP contribution in [0.15, 0.2) is 0 Å². The fraction of sp³-hybridized carbons (Fsp3) is 0.875. The van der Waals surface area contributed by atoms with Crippen molar-refractivity contribution in [2.45, 2.75) is 60.4 Å². The van der Waals surface area contributed by atoms with E-state index in [2.05, 4.69) is 26.1 Å². The van der Waals surface area contributed by atoms with Gasteiger partial charge in [0.25, 0.3) is 10.1 Å². The van der Waals surface area contributed by atoms with Crippen LogP contribution >= 0.6 is 0 Å². The fourth-order valence-corrected chi connectivity index (χ4v) is 2.48. The van der Waals surface area contributed by atoms with E-state index in [9.17, 15) is 18.0 Å². The van der Waals surface area contributed by atoms with Gasteiger partial charge >= 0.3 is 0 Å². The molecule has 0 aromatic rings. The highest BCUT2D eigenvalue weighted by molar-refractivity contribution is 7.85. The molecule has 8 heteroatoms. The summed E-state index contributed by atoms with van der Waals surface area (Å²) in [7, 11) is -4.39. The summed E-state index contributed by atoms with van der Waals surface area (Å²) in [5.41, 5.74) is -0.701. The van der Waals surface area contributed by atoms with E-state index in [1.807, 2.05) is 0 Å². The Bertz CT molecular complexity index is 528. The molecule has 0 saturated heterocycles. The van der Waals surface area contributed by atoms with Crippen LogP contribution in [0.5, 0.6) is 0 Å². The van der Waals surface area contributed by atoms with E-state index in [1.54, 1.807) is 20.8 Å². The number of ketones is 1. The number of hydrogen-bond donors (Lipinski definition) is 2. The molecule has 7 nitrogen and oxygen atoms in total. The van der Waals surface area contributed by atoms with Crippen LogP contribution < -0.4 is 5.32 Å². The number of carbonyl (C=O) groups is 2. The minimum Gasteiger partial charge on any atom is -0.381 e. The highest BCUT2D eigenvalue weighted by Crippen LogP contribution is 2.18. The van der Waals surface area contributed by atoms with Gasteiger partial charge in [-0.3, -0.25) is 14.1 Å². The molecule has 1 atom stereocenters. The highest BCUT2D eigenvalue weighted by Gasteiger charge is 2.33. The number of carbonyl (C=O) groups excluding carboxylic acids is 2. The molecule has 0 saturated carbocycles. The lowest BCUT2D eigenvalue weighted by Gasteiger charge is -2.24. The lowest BCUT2D eigenvalue weighted by Crippen LogP contribution is -2.49. The van der Waals surface area contributed by atoms with Gasteiger partial charge in [0.2, 0.25) is 5.91 Å². The molecule has 0 aliphatic carbocycles. The Morgan fingerprint density at radius 1 is 1.08 bits per heavy atom. The summed E-state index contributed by atoms with van der Waals surface area (Å²) >= 11 is 0. The lowest BCUT2D eigenvalue weighted by molar-refractivity contribution is -0.132. The number of nitrogens with one attached hydrogen (secondary N) is 1. The Labute approximate surface area is 145 Å². The molecular weight excluding hydrogens is 334 g/mol. The van der Waals surface area contributed by atoms with Gasteiger partial charge in [-0.1, -0.05) is 41.5 Å². The maximum absolute atomic E-state index is 12.2. The molecule has 0 aliphatic heterocycles. The van der Waals surface area contributed by atoms with Crippen molar-refractivity contribution in [2.75, 3.05) is 19.0 Å². The molecule has 0 fully saturated rings. The minimum absolute atomic E-state index is 0.0174. The summed E-state index contributed by atoms with van der Waals surface area (Å²) in [4.78, 5) is 24.2. The van der Waals surface area contributed by atoms with Crippen LogP contribution in [0.4, 0.5) is 0 Å². The van der Waals surface area contributed by atoms with Crippen molar-refractivity contribution in [1.29, 1.82) is 0 Å². The second-order valence-corrected chi connectivity index (χ2v) is 9.65. The second kappa shape index (κ2) is 8.92. The van der Waals surface area contributed by atoms with Crippen LogP contribution in [0.25, 0.3) is 0 Å². The second-order valence-electron chi connectivity index (χ2n) is 8.16. The SMILES string of the molecule is CC(C)(C)CCOCCC(=O)NC(CS(=O)(=O)O)C(=O)C(C)(C)C. The number of ether oxygens (including phenoxy) is 1. The number of amides is 1. The third-order valence-electron chi connectivity index (χ3n) is 3.24. The van der Waals surface area contributed by atoms with Gasteiger partial charge in [0.15, 0.2) is 5.78 Å². The van der Waals surface area contributed by atoms with Crippen molar-refractivity contribution in [1.82, 2.24) is 5.32 Å². The van der Waals surface area contributed by atoms with Gasteiger partial charge in [-0.2, -0.15) is 8.42 Å². The van der Waals surface area contributed by atoms with Gasteiger partial charge in [0.1, 0.15) is 11.8 Å². The maximum atomic E-state index is 12.2.